The predicted octanol–water partition coefficient (Wildman–Crippen LogP) is 0.120. The highest BCUT2D eigenvalue weighted by molar-refractivity contribution is 6.34. The first-order valence-electron chi connectivity index (χ1n) is 3.74. The number of esters is 1. The van der Waals surface area contributed by atoms with Gasteiger partial charge in [-0.15, -0.1) is 0 Å². The second-order valence-electron chi connectivity index (χ2n) is 2.33. The molecule has 0 heterocycles. The minimum absolute atomic E-state index is 0.328. The van der Waals surface area contributed by atoms with E-state index in [0.29, 0.717) is 5.75 Å². The van der Waals surface area contributed by atoms with Crippen LogP contribution in [0.1, 0.15) is 0 Å². The average molecular weight is 179 g/mol. The van der Waals surface area contributed by atoms with Crippen LogP contribution in [0.15, 0.2) is 30.3 Å². The molecule has 0 unspecified atom stereocenters. The van der Waals surface area contributed by atoms with Crippen molar-refractivity contribution in [3.8, 4) is 5.75 Å². The second-order valence-corrected chi connectivity index (χ2v) is 2.33. The molecule has 4 heteroatoms. The molecule has 68 valence electrons. The lowest BCUT2D eigenvalue weighted by atomic mass is 10.3. The van der Waals surface area contributed by atoms with Crippen molar-refractivity contribution >= 4 is 11.8 Å². The number of Topliss-reactive ketones (excluding diaryl/α,β-unsaturated/α-hetero) is 1. The van der Waals surface area contributed by atoms with E-state index in [2.05, 4.69) is 0 Å². The zero-order valence-corrected chi connectivity index (χ0v) is 6.90. The van der Waals surface area contributed by atoms with Crippen molar-refractivity contribution in [3.63, 3.8) is 0 Å². The van der Waals surface area contributed by atoms with Crippen LogP contribution in [0.4, 0.5) is 0 Å². The van der Waals surface area contributed by atoms with Crippen LogP contribution in [0.3, 0.4) is 0 Å². The third kappa shape index (κ3) is 2.68. The molecule has 0 aliphatic carbocycles. The van der Waals surface area contributed by atoms with Gasteiger partial charge in [0.1, 0.15) is 5.75 Å². The molecule has 1 rings (SSSR count). The second kappa shape index (κ2) is 4.37. The maximum atomic E-state index is 10.9. The Hall–Kier alpha value is -1.68. The van der Waals surface area contributed by atoms with Gasteiger partial charge in [-0.25, -0.2) is 4.79 Å². The number of ether oxygens (including phenoxy) is 1. The lowest BCUT2D eigenvalue weighted by Crippen LogP contribution is -2.27. The Balaban J connectivity index is 2.60. The Labute approximate surface area is 75.3 Å². The molecule has 13 heavy (non-hydrogen) atoms. The summed E-state index contributed by atoms with van der Waals surface area (Å²) in [4.78, 5) is 21.6. The van der Waals surface area contributed by atoms with Gasteiger partial charge in [-0.3, -0.25) is 4.79 Å². The highest BCUT2D eigenvalue weighted by Gasteiger charge is 2.13. The molecule has 0 saturated carbocycles. The molecule has 0 saturated heterocycles. The summed E-state index contributed by atoms with van der Waals surface area (Å²) in [5.74, 6) is -1.31. The van der Waals surface area contributed by atoms with Crippen LogP contribution in [-0.2, 0) is 9.59 Å². The zero-order chi connectivity index (χ0) is 9.68. The van der Waals surface area contributed by atoms with E-state index in [0.717, 1.165) is 0 Å². The molecule has 1 aromatic rings. The lowest BCUT2D eigenvalue weighted by molar-refractivity contribution is -0.146. The molecular weight excluding hydrogens is 170 g/mol. The maximum absolute atomic E-state index is 10.9. The smallest absolute Gasteiger partial charge is 0.381 e. The van der Waals surface area contributed by atoms with Crippen molar-refractivity contribution < 1.29 is 14.3 Å². The number of ketones is 1. The van der Waals surface area contributed by atoms with Crippen LogP contribution in [0.25, 0.3) is 0 Å². The van der Waals surface area contributed by atoms with E-state index < -0.39 is 11.8 Å². The fraction of sp³-hybridized carbons (Fsp3) is 0.111. The molecule has 0 fully saturated rings. The summed E-state index contributed by atoms with van der Waals surface area (Å²) in [6.07, 6.45) is 0. The largest absolute Gasteiger partial charge is 0.421 e. The normalized spacial score (nSPS) is 9.31. The summed E-state index contributed by atoms with van der Waals surface area (Å²) in [6.45, 7) is -0.328. The summed E-state index contributed by atoms with van der Waals surface area (Å²) in [7, 11) is 0. The van der Waals surface area contributed by atoms with Gasteiger partial charge in [0, 0.05) is 0 Å². The number of rotatable bonds is 3. The summed E-state index contributed by atoms with van der Waals surface area (Å²) >= 11 is 0. The fourth-order valence-corrected chi connectivity index (χ4v) is 0.736. The molecule has 0 aliphatic rings. The maximum Gasteiger partial charge on any atom is 0.381 e. The predicted molar refractivity (Wildman–Crippen MR) is 46.1 cm³/mol. The van der Waals surface area contributed by atoms with E-state index >= 15 is 0 Å². The van der Waals surface area contributed by atoms with E-state index in [1.54, 1.807) is 30.3 Å². The van der Waals surface area contributed by atoms with Gasteiger partial charge >= 0.3 is 5.97 Å². The number of carbonyl (C=O) groups is 2. The van der Waals surface area contributed by atoms with Gasteiger partial charge in [-0.2, -0.15) is 0 Å². The highest BCUT2D eigenvalue weighted by Crippen LogP contribution is 2.08. The summed E-state index contributed by atoms with van der Waals surface area (Å²) in [5, 5.41) is 0. The molecule has 0 bridgehead atoms. The number of carbonyl (C=O) groups excluding carboxylic acids is 2. The van der Waals surface area contributed by atoms with Crippen molar-refractivity contribution in [1.29, 1.82) is 0 Å². The van der Waals surface area contributed by atoms with E-state index in [4.69, 9.17) is 10.5 Å². The molecule has 0 aromatic heterocycles. The molecule has 4 nitrogen and oxygen atoms in total. The Morgan fingerprint density at radius 2 is 1.85 bits per heavy atom. The van der Waals surface area contributed by atoms with Gasteiger partial charge in [0.25, 0.3) is 5.78 Å². The minimum Gasteiger partial charge on any atom is -0.421 e. The van der Waals surface area contributed by atoms with Crippen LogP contribution in [0, 0.1) is 0 Å². The van der Waals surface area contributed by atoms with Crippen LogP contribution < -0.4 is 10.5 Å². The minimum atomic E-state index is -0.922. The first-order chi connectivity index (χ1) is 6.24. The first-order valence-corrected chi connectivity index (χ1v) is 3.74. The number of hydrogen-bond donors (Lipinski definition) is 1. The number of hydrogen-bond acceptors (Lipinski definition) is 4. The molecule has 1 aromatic carbocycles. The third-order valence-electron chi connectivity index (χ3n) is 1.37. The quantitative estimate of drug-likeness (QED) is 0.406. The number of para-hydroxylation sites is 1. The van der Waals surface area contributed by atoms with Crippen LogP contribution in [0.2, 0.25) is 0 Å². The molecule has 0 amide bonds. The average Bonchev–Trinajstić information content (AvgIpc) is 2.18. The summed E-state index contributed by atoms with van der Waals surface area (Å²) < 4.78 is 4.70. The van der Waals surface area contributed by atoms with Gasteiger partial charge in [0.05, 0.1) is 6.54 Å². The topological polar surface area (TPSA) is 69.4 Å². The highest BCUT2D eigenvalue weighted by atomic mass is 16.5. The van der Waals surface area contributed by atoms with E-state index in [1.165, 1.54) is 0 Å². The van der Waals surface area contributed by atoms with Crippen LogP contribution in [-0.4, -0.2) is 18.3 Å². The van der Waals surface area contributed by atoms with Gasteiger partial charge in [-0.1, -0.05) is 18.2 Å². The van der Waals surface area contributed by atoms with Crippen molar-refractivity contribution in [2.75, 3.05) is 6.54 Å². The molecule has 0 atom stereocenters. The Morgan fingerprint density at radius 1 is 1.23 bits per heavy atom. The third-order valence-corrected chi connectivity index (χ3v) is 1.37. The SMILES string of the molecule is NCC(=O)C(=O)Oc1ccccc1. The fourth-order valence-electron chi connectivity index (χ4n) is 0.736. The number of nitrogens with two attached hydrogens (primary N) is 1. The Kier molecular flexibility index (Phi) is 3.16. The summed E-state index contributed by atoms with van der Waals surface area (Å²) in [5.41, 5.74) is 4.98. The molecular formula is C9H9NO3. The first kappa shape index (κ1) is 9.41. The Bertz CT molecular complexity index is 308. The van der Waals surface area contributed by atoms with E-state index in [-0.39, 0.29) is 6.54 Å². The van der Waals surface area contributed by atoms with E-state index in [1.807, 2.05) is 0 Å². The monoisotopic (exact) mass is 179 g/mol. The van der Waals surface area contributed by atoms with Gasteiger partial charge in [0.15, 0.2) is 0 Å². The lowest BCUT2D eigenvalue weighted by Gasteiger charge is -2.00. The van der Waals surface area contributed by atoms with Crippen LogP contribution >= 0.6 is 0 Å². The zero-order valence-electron chi connectivity index (χ0n) is 6.90. The molecule has 2 N–H and O–H groups in total. The van der Waals surface area contributed by atoms with Crippen molar-refractivity contribution in [3.05, 3.63) is 30.3 Å². The standard InChI is InChI=1S/C9H9NO3/c10-6-8(11)9(12)13-7-4-2-1-3-5-7/h1-5H,6,10H2. The van der Waals surface area contributed by atoms with Crippen molar-refractivity contribution in [1.82, 2.24) is 0 Å². The van der Waals surface area contributed by atoms with Crippen LogP contribution in [0.5, 0.6) is 5.75 Å². The number of benzene rings is 1. The van der Waals surface area contributed by atoms with E-state index in [9.17, 15) is 9.59 Å². The van der Waals surface area contributed by atoms with Gasteiger partial charge in [-0.05, 0) is 12.1 Å². The molecule has 0 spiro atoms. The Morgan fingerprint density at radius 3 is 2.38 bits per heavy atom. The molecule has 0 radical (unpaired) electrons. The van der Waals surface area contributed by atoms with Crippen molar-refractivity contribution in [2.45, 2.75) is 0 Å². The van der Waals surface area contributed by atoms with Crippen molar-refractivity contribution in [2.24, 2.45) is 5.73 Å². The van der Waals surface area contributed by atoms with Gasteiger partial charge < -0.3 is 10.5 Å². The van der Waals surface area contributed by atoms with Gasteiger partial charge in [0.2, 0.25) is 0 Å². The molecule has 0 aliphatic heterocycles. The summed E-state index contributed by atoms with van der Waals surface area (Å²) in [6, 6.07) is 8.36.